The first kappa shape index (κ1) is 17.5. The van der Waals surface area contributed by atoms with Crippen molar-refractivity contribution in [2.75, 3.05) is 0 Å². The SMILES string of the molecule is C[C@H](NC(=O)[C@H](C)NC(=O)Cc1cc(F)cc(F)c1)C(N)=O. The smallest absolute Gasteiger partial charge is 0.242 e. The van der Waals surface area contributed by atoms with Crippen LogP contribution >= 0.6 is 0 Å². The third-order valence-corrected chi connectivity index (χ3v) is 2.84. The van der Waals surface area contributed by atoms with Gasteiger partial charge in [0.25, 0.3) is 0 Å². The summed E-state index contributed by atoms with van der Waals surface area (Å²) in [4.78, 5) is 34.3. The van der Waals surface area contributed by atoms with E-state index in [4.69, 9.17) is 5.73 Å². The van der Waals surface area contributed by atoms with Crippen LogP contribution in [-0.2, 0) is 20.8 Å². The van der Waals surface area contributed by atoms with Crippen molar-refractivity contribution in [3.8, 4) is 0 Å². The Bertz CT molecular complexity index is 572. The van der Waals surface area contributed by atoms with Crippen molar-refractivity contribution in [3.05, 3.63) is 35.4 Å². The average molecular weight is 313 g/mol. The molecule has 0 saturated carbocycles. The van der Waals surface area contributed by atoms with E-state index in [-0.39, 0.29) is 12.0 Å². The lowest BCUT2D eigenvalue weighted by atomic mass is 10.1. The molecule has 0 spiro atoms. The van der Waals surface area contributed by atoms with Gasteiger partial charge in [0.2, 0.25) is 17.7 Å². The minimum atomic E-state index is -0.923. The molecular formula is C14H17F2N3O3. The summed E-state index contributed by atoms with van der Waals surface area (Å²) in [5, 5.41) is 4.68. The van der Waals surface area contributed by atoms with Crippen LogP contribution in [0.2, 0.25) is 0 Å². The largest absolute Gasteiger partial charge is 0.368 e. The minimum absolute atomic E-state index is 0.146. The number of carbonyl (C=O) groups excluding carboxylic acids is 3. The van der Waals surface area contributed by atoms with Crippen LogP contribution in [-0.4, -0.2) is 29.8 Å². The van der Waals surface area contributed by atoms with Crippen LogP contribution in [0.5, 0.6) is 0 Å². The van der Waals surface area contributed by atoms with Gasteiger partial charge in [0.1, 0.15) is 23.7 Å². The molecule has 0 unspecified atom stereocenters. The molecule has 0 fully saturated rings. The van der Waals surface area contributed by atoms with E-state index in [9.17, 15) is 23.2 Å². The van der Waals surface area contributed by atoms with Gasteiger partial charge in [-0.25, -0.2) is 8.78 Å². The number of benzene rings is 1. The summed E-state index contributed by atoms with van der Waals surface area (Å²) in [6.45, 7) is 2.82. The highest BCUT2D eigenvalue weighted by molar-refractivity contribution is 5.91. The molecule has 0 aliphatic rings. The van der Waals surface area contributed by atoms with E-state index in [1.165, 1.54) is 13.8 Å². The molecule has 4 N–H and O–H groups in total. The Labute approximate surface area is 126 Å². The van der Waals surface area contributed by atoms with E-state index >= 15 is 0 Å². The Kier molecular flexibility index (Phi) is 5.97. The summed E-state index contributed by atoms with van der Waals surface area (Å²) >= 11 is 0. The molecule has 2 atom stereocenters. The molecule has 22 heavy (non-hydrogen) atoms. The predicted molar refractivity (Wildman–Crippen MR) is 74.5 cm³/mol. The van der Waals surface area contributed by atoms with E-state index in [1.54, 1.807) is 0 Å². The lowest BCUT2D eigenvalue weighted by molar-refractivity contribution is -0.130. The van der Waals surface area contributed by atoms with Crippen LogP contribution in [0.3, 0.4) is 0 Å². The lowest BCUT2D eigenvalue weighted by Gasteiger charge is -2.16. The van der Waals surface area contributed by atoms with Crippen LogP contribution in [0.1, 0.15) is 19.4 Å². The zero-order valence-corrected chi connectivity index (χ0v) is 12.2. The number of carbonyl (C=O) groups is 3. The maximum atomic E-state index is 13.0. The molecule has 0 saturated heterocycles. The zero-order valence-electron chi connectivity index (χ0n) is 12.2. The monoisotopic (exact) mass is 313 g/mol. The van der Waals surface area contributed by atoms with Gasteiger partial charge < -0.3 is 16.4 Å². The lowest BCUT2D eigenvalue weighted by Crippen LogP contribution is -2.50. The van der Waals surface area contributed by atoms with Gasteiger partial charge in [-0.2, -0.15) is 0 Å². The van der Waals surface area contributed by atoms with Crippen LogP contribution < -0.4 is 16.4 Å². The second-order valence-electron chi connectivity index (χ2n) is 4.88. The Morgan fingerprint density at radius 2 is 1.59 bits per heavy atom. The zero-order chi connectivity index (χ0) is 16.9. The molecule has 1 rings (SSSR count). The van der Waals surface area contributed by atoms with E-state index in [2.05, 4.69) is 10.6 Å². The Balaban J connectivity index is 2.57. The molecule has 120 valence electrons. The van der Waals surface area contributed by atoms with Gasteiger partial charge in [-0.05, 0) is 31.5 Å². The Morgan fingerprint density at radius 3 is 2.09 bits per heavy atom. The van der Waals surface area contributed by atoms with Gasteiger partial charge in [0, 0.05) is 6.07 Å². The summed E-state index contributed by atoms with van der Waals surface area (Å²) in [5.74, 6) is -3.46. The van der Waals surface area contributed by atoms with Crippen molar-refractivity contribution >= 4 is 17.7 Å². The number of hydrogen-bond acceptors (Lipinski definition) is 3. The van der Waals surface area contributed by atoms with Crippen molar-refractivity contribution in [2.24, 2.45) is 5.73 Å². The average Bonchev–Trinajstić information content (AvgIpc) is 2.36. The number of nitrogens with one attached hydrogen (secondary N) is 2. The summed E-state index contributed by atoms with van der Waals surface area (Å²) in [6, 6.07) is 0.963. The van der Waals surface area contributed by atoms with Crippen molar-refractivity contribution in [1.82, 2.24) is 10.6 Å². The number of halogens is 2. The fourth-order valence-corrected chi connectivity index (χ4v) is 1.67. The molecule has 0 bridgehead atoms. The minimum Gasteiger partial charge on any atom is -0.368 e. The van der Waals surface area contributed by atoms with Gasteiger partial charge in [0.05, 0.1) is 6.42 Å². The number of nitrogens with two attached hydrogens (primary N) is 1. The second kappa shape index (κ2) is 7.48. The third kappa shape index (κ3) is 5.47. The summed E-state index contributed by atoms with van der Waals surface area (Å²) in [6.07, 6.45) is -0.280. The predicted octanol–water partition coefficient (Wildman–Crippen LogP) is 0.00200. The molecule has 0 aromatic heterocycles. The third-order valence-electron chi connectivity index (χ3n) is 2.84. The van der Waals surface area contributed by atoms with Crippen molar-refractivity contribution < 1.29 is 23.2 Å². The standard InChI is InChI=1S/C14H17F2N3O3/c1-7(13(17)21)19-14(22)8(2)18-12(20)5-9-3-10(15)6-11(16)4-9/h3-4,6-8H,5H2,1-2H3,(H2,17,21)(H,18,20)(H,19,22)/t7-,8-/m0/s1. The number of rotatable bonds is 6. The summed E-state index contributed by atoms with van der Waals surface area (Å²) in [7, 11) is 0. The molecule has 0 radical (unpaired) electrons. The quantitative estimate of drug-likeness (QED) is 0.689. The first-order valence-electron chi connectivity index (χ1n) is 6.53. The van der Waals surface area contributed by atoms with Gasteiger partial charge in [-0.1, -0.05) is 0 Å². The van der Waals surface area contributed by atoms with E-state index in [1.807, 2.05) is 0 Å². The maximum Gasteiger partial charge on any atom is 0.242 e. The van der Waals surface area contributed by atoms with Gasteiger partial charge >= 0.3 is 0 Å². The highest BCUT2D eigenvalue weighted by Crippen LogP contribution is 2.08. The topological polar surface area (TPSA) is 101 Å². The molecule has 1 aromatic carbocycles. The number of hydrogen-bond donors (Lipinski definition) is 3. The fraction of sp³-hybridized carbons (Fsp3) is 0.357. The second-order valence-corrected chi connectivity index (χ2v) is 4.88. The highest BCUT2D eigenvalue weighted by atomic mass is 19.1. The molecule has 0 heterocycles. The van der Waals surface area contributed by atoms with Gasteiger partial charge in [-0.3, -0.25) is 14.4 Å². The first-order valence-corrected chi connectivity index (χ1v) is 6.53. The Morgan fingerprint density at radius 1 is 1.05 bits per heavy atom. The van der Waals surface area contributed by atoms with E-state index in [0.29, 0.717) is 6.07 Å². The number of primary amides is 1. The van der Waals surface area contributed by atoms with Crippen molar-refractivity contribution in [1.29, 1.82) is 0 Å². The first-order chi connectivity index (χ1) is 10.2. The normalized spacial score (nSPS) is 13.1. The summed E-state index contributed by atoms with van der Waals surface area (Å²) < 4.78 is 26.0. The van der Waals surface area contributed by atoms with E-state index in [0.717, 1.165) is 12.1 Å². The molecular weight excluding hydrogens is 296 g/mol. The molecule has 8 heteroatoms. The molecule has 0 aliphatic carbocycles. The molecule has 6 nitrogen and oxygen atoms in total. The van der Waals surface area contributed by atoms with Crippen LogP contribution in [0.15, 0.2) is 18.2 Å². The van der Waals surface area contributed by atoms with Gasteiger partial charge in [0.15, 0.2) is 0 Å². The van der Waals surface area contributed by atoms with Crippen LogP contribution in [0.25, 0.3) is 0 Å². The highest BCUT2D eigenvalue weighted by Gasteiger charge is 2.19. The van der Waals surface area contributed by atoms with Gasteiger partial charge in [-0.15, -0.1) is 0 Å². The van der Waals surface area contributed by atoms with Crippen LogP contribution in [0, 0.1) is 11.6 Å². The molecule has 0 aliphatic heterocycles. The fourth-order valence-electron chi connectivity index (χ4n) is 1.67. The number of amides is 3. The van der Waals surface area contributed by atoms with Crippen LogP contribution in [0.4, 0.5) is 8.78 Å². The van der Waals surface area contributed by atoms with E-state index < -0.39 is 41.4 Å². The molecule has 3 amide bonds. The molecule has 1 aromatic rings. The van der Waals surface area contributed by atoms with Crippen molar-refractivity contribution in [2.45, 2.75) is 32.4 Å². The van der Waals surface area contributed by atoms with Crippen molar-refractivity contribution in [3.63, 3.8) is 0 Å². The Hall–Kier alpha value is -2.51. The summed E-state index contributed by atoms with van der Waals surface area (Å²) in [5.41, 5.74) is 5.15. The maximum absolute atomic E-state index is 13.0.